The molecule has 0 saturated heterocycles. The Hall–Kier alpha value is -2.64. The molecule has 1 aromatic carbocycles. The number of halogens is 1. The Morgan fingerprint density at radius 3 is 2.65 bits per heavy atom. The van der Waals surface area contributed by atoms with E-state index in [4.69, 9.17) is 18.2 Å². The summed E-state index contributed by atoms with van der Waals surface area (Å²) in [5.41, 5.74) is 1.25. The summed E-state index contributed by atoms with van der Waals surface area (Å²) in [5, 5.41) is 4.69. The summed E-state index contributed by atoms with van der Waals surface area (Å²) in [6.07, 6.45) is 1.52. The van der Waals surface area contributed by atoms with Crippen LogP contribution in [-0.4, -0.2) is 9.97 Å². The molecule has 0 atom stereocenters. The quantitative estimate of drug-likeness (QED) is 0.699. The SMILES string of the molecule is [C-]#[N+]c1ccc(Nc2ccc3cccc(Cl)c3n2)nc1. The molecular weight excluding hydrogens is 272 g/mol. The molecule has 2 heterocycles. The third-order valence-electron chi connectivity index (χ3n) is 2.80. The number of fused-ring (bicyclic) bond motifs is 1. The molecule has 96 valence electrons. The van der Waals surface area contributed by atoms with Crippen LogP contribution in [0.25, 0.3) is 15.7 Å². The number of aromatic nitrogens is 2. The first-order chi connectivity index (χ1) is 9.76. The van der Waals surface area contributed by atoms with Crippen LogP contribution < -0.4 is 5.32 Å². The maximum Gasteiger partial charge on any atom is 0.205 e. The molecule has 0 radical (unpaired) electrons. The number of benzene rings is 1. The Morgan fingerprint density at radius 1 is 1.05 bits per heavy atom. The van der Waals surface area contributed by atoms with Crippen molar-refractivity contribution in [2.24, 2.45) is 0 Å². The molecule has 0 spiro atoms. The predicted octanol–water partition coefficient (Wildman–Crippen LogP) is 4.58. The van der Waals surface area contributed by atoms with Gasteiger partial charge in [-0.3, -0.25) is 4.98 Å². The molecule has 0 fully saturated rings. The van der Waals surface area contributed by atoms with E-state index < -0.39 is 0 Å². The van der Waals surface area contributed by atoms with Crippen LogP contribution in [0.2, 0.25) is 5.02 Å². The second-order valence-corrected chi connectivity index (χ2v) is 4.55. The van der Waals surface area contributed by atoms with Crippen molar-refractivity contribution >= 4 is 39.8 Å². The van der Waals surface area contributed by atoms with Gasteiger partial charge in [0.2, 0.25) is 5.69 Å². The molecule has 3 rings (SSSR count). The molecule has 0 saturated carbocycles. The highest BCUT2D eigenvalue weighted by Crippen LogP contribution is 2.24. The zero-order chi connectivity index (χ0) is 13.9. The van der Waals surface area contributed by atoms with Gasteiger partial charge in [-0.2, -0.15) is 0 Å². The lowest BCUT2D eigenvalue weighted by molar-refractivity contribution is 1.28. The molecule has 0 amide bonds. The minimum atomic E-state index is 0.505. The van der Waals surface area contributed by atoms with Crippen molar-refractivity contribution in [3.8, 4) is 0 Å². The summed E-state index contributed by atoms with van der Waals surface area (Å²) < 4.78 is 0. The van der Waals surface area contributed by atoms with Gasteiger partial charge in [0.05, 0.1) is 17.1 Å². The van der Waals surface area contributed by atoms with E-state index in [1.807, 2.05) is 30.3 Å². The minimum absolute atomic E-state index is 0.505. The van der Waals surface area contributed by atoms with E-state index >= 15 is 0 Å². The van der Waals surface area contributed by atoms with Crippen molar-refractivity contribution < 1.29 is 0 Å². The normalized spacial score (nSPS) is 10.2. The Kier molecular flexibility index (Phi) is 3.20. The number of rotatable bonds is 2. The highest BCUT2D eigenvalue weighted by Gasteiger charge is 2.03. The summed E-state index contributed by atoms with van der Waals surface area (Å²) in [6.45, 7) is 6.89. The standard InChI is InChI=1S/C15H9ClN4/c1-17-11-6-8-13(18-9-11)19-14-7-5-10-3-2-4-12(16)15(10)20-14/h2-9H,(H,18,19,20). The number of para-hydroxylation sites is 1. The molecule has 3 aromatic rings. The summed E-state index contributed by atoms with van der Waals surface area (Å²) in [7, 11) is 0. The summed E-state index contributed by atoms with van der Waals surface area (Å²) in [4.78, 5) is 11.9. The Labute approximate surface area is 120 Å². The molecule has 0 aliphatic carbocycles. The Bertz CT molecular complexity index is 806. The van der Waals surface area contributed by atoms with Crippen molar-refractivity contribution in [3.63, 3.8) is 0 Å². The van der Waals surface area contributed by atoms with Crippen molar-refractivity contribution in [2.75, 3.05) is 5.32 Å². The highest BCUT2D eigenvalue weighted by molar-refractivity contribution is 6.35. The van der Waals surface area contributed by atoms with Crippen molar-refractivity contribution in [1.82, 2.24) is 9.97 Å². The van der Waals surface area contributed by atoms with Crippen molar-refractivity contribution in [1.29, 1.82) is 0 Å². The maximum atomic E-state index is 6.89. The number of anilines is 2. The van der Waals surface area contributed by atoms with Crippen LogP contribution >= 0.6 is 11.6 Å². The fourth-order valence-electron chi connectivity index (χ4n) is 1.84. The van der Waals surface area contributed by atoms with Crippen LogP contribution in [-0.2, 0) is 0 Å². The monoisotopic (exact) mass is 280 g/mol. The first-order valence-corrected chi connectivity index (χ1v) is 6.30. The fraction of sp³-hybridized carbons (Fsp3) is 0. The van der Waals surface area contributed by atoms with Crippen LogP contribution in [0.3, 0.4) is 0 Å². The molecule has 5 heteroatoms. The average molecular weight is 281 g/mol. The van der Waals surface area contributed by atoms with Crippen LogP contribution in [0.15, 0.2) is 48.7 Å². The van der Waals surface area contributed by atoms with Gasteiger partial charge in [-0.1, -0.05) is 29.8 Å². The van der Waals surface area contributed by atoms with Gasteiger partial charge in [0.15, 0.2) is 0 Å². The minimum Gasteiger partial charge on any atom is -0.325 e. The van der Waals surface area contributed by atoms with E-state index in [2.05, 4.69) is 20.1 Å². The molecule has 1 N–H and O–H groups in total. The second-order valence-electron chi connectivity index (χ2n) is 4.15. The largest absolute Gasteiger partial charge is 0.325 e. The summed E-state index contributed by atoms with van der Waals surface area (Å²) >= 11 is 6.13. The van der Waals surface area contributed by atoms with Gasteiger partial charge in [0, 0.05) is 11.6 Å². The van der Waals surface area contributed by atoms with E-state index in [1.54, 1.807) is 12.1 Å². The molecule has 20 heavy (non-hydrogen) atoms. The highest BCUT2D eigenvalue weighted by atomic mass is 35.5. The first-order valence-electron chi connectivity index (χ1n) is 5.92. The van der Waals surface area contributed by atoms with E-state index in [0.29, 0.717) is 22.3 Å². The number of hydrogen-bond donors (Lipinski definition) is 1. The molecule has 2 aromatic heterocycles. The number of nitrogens with one attached hydrogen (secondary N) is 1. The van der Waals surface area contributed by atoms with Crippen LogP contribution in [0.5, 0.6) is 0 Å². The number of hydrogen-bond acceptors (Lipinski definition) is 3. The molecule has 4 nitrogen and oxygen atoms in total. The third-order valence-corrected chi connectivity index (χ3v) is 3.11. The van der Waals surface area contributed by atoms with E-state index in [0.717, 1.165) is 10.9 Å². The number of nitrogens with zero attached hydrogens (tertiary/aromatic N) is 3. The lowest BCUT2D eigenvalue weighted by Crippen LogP contribution is -1.95. The molecular formula is C15H9ClN4. The Morgan fingerprint density at radius 2 is 1.90 bits per heavy atom. The van der Waals surface area contributed by atoms with E-state index in [1.165, 1.54) is 6.20 Å². The molecule has 0 aliphatic rings. The van der Waals surface area contributed by atoms with E-state index in [9.17, 15) is 0 Å². The van der Waals surface area contributed by atoms with Gasteiger partial charge in [-0.05, 0) is 24.3 Å². The van der Waals surface area contributed by atoms with Gasteiger partial charge < -0.3 is 5.32 Å². The topological polar surface area (TPSA) is 42.2 Å². The third kappa shape index (κ3) is 2.40. The van der Waals surface area contributed by atoms with Gasteiger partial charge in [0.1, 0.15) is 11.6 Å². The predicted molar refractivity (Wildman–Crippen MR) is 80.5 cm³/mol. The van der Waals surface area contributed by atoms with Crippen LogP contribution in [0.1, 0.15) is 0 Å². The zero-order valence-electron chi connectivity index (χ0n) is 10.3. The number of pyridine rings is 2. The lowest BCUT2D eigenvalue weighted by atomic mass is 10.2. The summed E-state index contributed by atoms with van der Waals surface area (Å²) in [6, 6.07) is 12.9. The zero-order valence-corrected chi connectivity index (χ0v) is 11.1. The van der Waals surface area contributed by atoms with Crippen molar-refractivity contribution in [3.05, 3.63) is 65.1 Å². The Balaban J connectivity index is 1.94. The average Bonchev–Trinajstić information content (AvgIpc) is 2.49. The van der Waals surface area contributed by atoms with Gasteiger partial charge >= 0.3 is 0 Å². The van der Waals surface area contributed by atoms with Gasteiger partial charge in [0.25, 0.3) is 0 Å². The summed E-state index contributed by atoms with van der Waals surface area (Å²) in [5.74, 6) is 1.30. The van der Waals surface area contributed by atoms with E-state index in [-0.39, 0.29) is 0 Å². The fourth-order valence-corrected chi connectivity index (χ4v) is 2.06. The van der Waals surface area contributed by atoms with Crippen molar-refractivity contribution in [2.45, 2.75) is 0 Å². The first kappa shape index (κ1) is 12.4. The second kappa shape index (κ2) is 5.16. The maximum absolute atomic E-state index is 6.89. The van der Waals surface area contributed by atoms with Gasteiger partial charge in [-0.25, -0.2) is 9.83 Å². The van der Waals surface area contributed by atoms with Crippen LogP contribution in [0, 0.1) is 6.57 Å². The molecule has 0 unspecified atom stereocenters. The van der Waals surface area contributed by atoms with Gasteiger partial charge in [-0.15, -0.1) is 0 Å². The molecule has 0 bridgehead atoms. The molecule has 0 aliphatic heterocycles. The smallest absolute Gasteiger partial charge is 0.205 e. The van der Waals surface area contributed by atoms with Crippen LogP contribution in [0.4, 0.5) is 17.3 Å². The lowest BCUT2D eigenvalue weighted by Gasteiger charge is -2.06.